The van der Waals surface area contributed by atoms with Crippen LogP contribution in [0.25, 0.3) is 0 Å². The average molecular weight is 232 g/mol. The van der Waals surface area contributed by atoms with Crippen molar-refractivity contribution < 1.29 is 0 Å². The monoisotopic (exact) mass is 232 g/mol. The standard InChI is InChI=1S/C8H12N2S3/c9-8(6-1-2-10-13-6)7-5-11-3-4-12-7/h1-2,7-8H,3-5,9H2. The van der Waals surface area contributed by atoms with Crippen molar-refractivity contribution in [1.82, 2.24) is 4.37 Å². The minimum atomic E-state index is 0.185. The van der Waals surface area contributed by atoms with Crippen LogP contribution in [-0.2, 0) is 0 Å². The molecule has 0 radical (unpaired) electrons. The van der Waals surface area contributed by atoms with E-state index in [0.717, 1.165) is 0 Å². The van der Waals surface area contributed by atoms with Crippen LogP contribution in [-0.4, -0.2) is 26.9 Å². The highest BCUT2D eigenvalue weighted by molar-refractivity contribution is 8.06. The van der Waals surface area contributed by atoms with Gasteiger partial charge in [0.15, 0.2) is 0 Å². The van der Waals surface area contributed by atoms with E-state index < -0.39 is 0 Å². The van der Waals surface area contributed by atoms with E-state index in [-0.39, 0.29) is 6.04 Å². The molecule has 0 aromatic carbocycles. The second-order valence-electron chi connectivity index (χ2n) is 2.92. The zero-order chi connectivity index (χ0) is 9.10. The van der Waals surface area contributed by atoms with Crippen LogP contribution in [0.15, 0.2) is 12.3 Å². The van der Waals surface area contributed by atoms with E-state index in [1.54, 1.807) is 0 Å². The fourth-order valence-corrected chi connectivity index (χ4v) is 4.82. The number of aromatic nitrogens is 1. The summed E-state index contributed by atoms with van der Waals surface area (Å²) in [6.07, 6.45) is 1.83. The molecule has 0 saturated carbocycles. The summed E-state index contributed by atoms with van der Waals surface area (Å²) in [6, 6.07) is 2.22. The molecule has 72 valence electrons. The molecule has 1 saturated heterocycles. The molecule has 1 aliphatic rings. The molecule has 1 aromatic rings. The van der Waals surface area contributed by atoms with E-state index in [4.69, 9.17) is 5.73 Å². The van der Waals surface area contributed by atoms with Gasteiger partial charge in [0.1, 0.15) is 0 Å². The van der Waals surface area contributed by atoms with Crippen LogP contribution in [0.2, 0.25) is 0 Å². The van der Waals surface area contributed by atoms with Gasteiger partial charge < -0.3 is 5.73 Å². The molecule has 1 fully saturated rings. The Morgan fingerprint density at radius 1 is 1.54 bits per heavy atom. The van der Waals surface area contributed by atoms with Gasteiger partial charge in [0.2, 0.25) is 0 Å². The molecule has 2 nitrogen and oxygen atoms in total. The van der Waals surface area contributed by atoms with Crippen molar-refractivity contribution in [3.8, 4) is 0 Å². The lowest BCUT2D eigenvalue weighted by atomic mass is 10.2. The quantitative estimate of drug-likeness (QED) is 0.846. The van der Waals surface area contributed by atoms with Gasteiger partial charge in [0.05, 0.1) is 6.04 Å². The SMILES string of the molecule is NC(c1ccns1)C1CSCCS1. The van der Waals surface area contributed by atoms with Crippen LogP contribution >= 0.6 is 35.1 Å². The van der Waals surface area contributed by atoms with Gasteiger partial charge in [-0.25, -0.2) is 4.37 Å². The minimum Gasteiger partial charge on any atom is -0.322 e. The summed E-state index contributed by atoms with van der Waals surface area (Å²) in [4.78, 5) is 1.22. The molecule has 0 spiro atoms. The number of thioether (sulfide) groups is 2. The Labute approximate surface area is 90.8 Å². The summed E-state index contributed by atoms with van der Waals surface area (Å²) in [5.41, 5.74) is 6.15. The third kappa shape index (κ3) is 2.40. The fourth-order valence-electron chi connectivity index (χ4n) is 1.29. The van der Waals surface area contributed by atoms with E-state index in [1.165, 1.54) is 33.7 Å². The van der Waals surface area contributed by atoms with Crippen LogP contribution in [0.3, 0.4) is 0 Å². The third-order valence-electron chi connectivity index (χ3n) is 2.03. The highest BCUT2D eigenvalue weighted by atomic mass is 32.2. The van der Waals surface area contributed by atoms with Gasteiger partial charge in [-0.1, -0.05) is 0 Å². The Kier molecular flexibility index (Phi) is 3.54. The number of rotatable bonds is 2. The van der Waals surface area contributed by atoms with E-state index >= 15 is 0 Å². The maximum Gasteiger partial charge on any atom is 0.0534 e. The van der Waals surface area contributed by atoms with Gasteiger partial charge in [-0.05, 0) is 17.6 Å². The summed E-state index contributed by atoms with van der Waals surface area (Å²) in [5, 5.41) is 0.583. The maximum atomic E-state index is 6.15. The Hall–Kier alpha value is 0.290. The smallest absolute Gasteiger partial charge is 0.0534 e. The summed E-state index contributed by atoms with van der Waals surface area (Å²) in [6.45, 7) is 0. The molecule has 1 aliphatic heterocycles. The third-order valence-corrected chi connectivity index (χ3v) is 5.76. The molecule has 0 bridgehead atoms. The Morgan fingerprint density at radius 2 is 2.46 bits per heavy atom. The lowest BCUT2D eigenvalue weighted by Gasteiger charge is -2.25. The zero-order valence-corrected chi connectivity index (χ0v) is 9.63. The number of nitrogens with two attached hydrogens (primary N) is 1. The van der Waals surface area contributed by atoms with Gasteiger partial charge >= 0.3 is 0 Å². The fraction of sp³-hybridized carbons (Fsp3) is 0.625. The molecule has 0 aliphatic carbocycles. The number of hydrogen-bond acceptors (Lipinski definition) is 5. The topological polar surface area (TPSA) is 38.9 Å². The molecule has 13 heavy (non-hydrogen) atoms. The lowest BCUT2D eigenvalue weighted by Crippen LogP contribution is -2.28. The van der Waals surface area contributed by atoms with Gasteiger partial charge in [0, 0.05) is 33.6 Å². The molecule has 2 atom stereocenters. The molecule has 2 rings (SSSR count). The van der Waals surface area contributed by atoms with Crippen LogP contribution in [0, 0.1) is 0 Å². The molecular formula is C8H12N2S3. The molecule has 5 heteroatoms. The van der Waals surface area contributed by atoms with Gasteiger partial charge in [-0.3, -0.25) is 0 Å². The van der Waals surface area contributed by atoms with Gasteiger partial charge in [-0.15, -0.1) is 0 Å². The second kappa shape index (κ2) is 4.68. The van der Waals surface area contributed by atoms with Crippen LogP contribution < -0.4 is 5.73 Å². The van der Waals surface area contributed by atoms with E-state index in [9.17, 15) is 0 Å². The summed E-state index contributed by atoms with van der Waals surface area (Å²) >= 11 is 5.54. The molecule has 1 aromatic heterocycles. The van der Waals surface area contributed by atoms with E-state index in [0.29, 0.717) is 5.25 Å². The summed E-state index contributed by atoms with van der Waals surface area (Å²) < 4.78 is 4.08. The largest absolute Gasteiger partial charge is 0.322 e. The highest BCUT2D eigenvalue weighted by Gasteiger charge is 2.23. The highest BCUT2D eigenvalue weighted by Crippen LogP contribution is 2.32. The molecular weight excluding hydrogens is 220 g/mol. The molecule has 0 amide bonds. The number of hydrogen-bond donors (Lipinski definition) is 1. The summed E-state index contributed by atoms with van der Waals surface area (Å²) in [7, 11) is 0. The number of nitrogens with zero attached hydrogens (tertiary/aromatic N) is 1. The van der Waals surface area contributed by atoms with Crippen LogP contribution in [0.5, 0.6) is 0 Å². The van der Waals surface area contributed by atoms with Crippen molar-refractivity contribution in [2.75, 3.05) is 17.3 Å². The molecule has 2 unspecified atom stereocenters. The minimum absolute atomic E-state index is 0.185. The van der Waals surface area contributed by atoms with Gasteiger partial charge in [0.25, 0.3) is 0 Å². The van der Waals surface area contributed by atoms with Crippen molar-refractivity contribution in [2.45, 2.75) is 11.3 Å². The lowest BCUT2D eigenvalue weighted by molar-refractivity contribution is 0.734. The Bertz CT molecular complexity index is 244. The first kappa shape index (κ1) is 9.83. The van der Waals surface area contributed by atoms with Crippen molar-refractivity contribution in [2.24, 2.45) is 5.73 Å². The first-order chi connectivity index (χ1) is 6.38. The van der Waals surface area contributed by atoms with Crippen molar-refractivity contribution in [3.63, 3.8) is 0 Å². The molecule has 2 heterocycles. The van der Waals surface area contributed by atoms with Crippen LogP contribution in [0.1, 0.15) is 10.9 Å². The van der Waals surface area contributed by atoms with Crippen molar-refractivity contribution in [1.29, 1.82) is 0 Å². The Morgan fingerprint density at radius 3 is 3.08 bits per heavy atom. The first-order valence-corrected chi connectivity index (χ1v) is 7.21. The zero-order valence-electron chi connectivity index (χ0n) is 7.18. The van der Waals surface area contributed by atoms with Gasteiger partial charge in [-0.2, -0.15) is 23.5 Å². The first-order valence-electron chi connectivity index (χ1n) is 4.23. The predicted octanol–water partition coefficient (Wildman–Crippen LogP) is 1.99. The van der Waals surface area contributed by atoms with Crippen molar-refractivity contribution >= 4 is 35.1 Å². The normalized spacial score (nSPS) is 25.8. The van der Waals surface area contributed by atoms with E-state index in [2.05, 4.69) is 4.37 Å². The predicted molar refractivity (Wildman–Crippen MR) is 62.6 cm³/mol. The van der Waals surface area contributed by atoms with Crippen molar-refractivity contribution in [3.05, 3.63) is 17.1 Å². The maximum absolute atomic E-state index is 6.15. The molecule has 2 N–H and O–H groups in total. The average Bonchev–Trinajstić information content (AvgIpc) is 2.71. The van der Waals surface area contributed by atoms with Crippen LogP contribution in [0.4, 0.5) is 0 Å². The second-order valence-corrected chi connectivity index (χ2v) is 6.29. The Balaban J connectivity index is 1.99. The van der Waals surface area contributed by atoms with E-state index in [1.807, 2.05) is 35.8 Å². The summed E-state index contributed by atoms with van der Waals surface area (Å²) in [5.74, 6) is 3.70.